The third-order valence-electron chi connectivity index (χ3n) is 3.38. The molecule has 1 atom stereocenters. The number of carbonyl (C=O) groups is 2. The molecule has 6 heteroatoms. The van der Waals surface area contributed by atoms with Crippen LogP contribution in [0.3, 0.4) is 0 Å². The van der Waals surface area contributed by atoms with Gasteiger partial charge in [-0.2, -0.15) is 0 Å². The molecule has 116 valence electrons. The normalized spacial score (nSPS) is 11.6. The van der Waals surface area contributed by atoms with E-state index < -0.39 is 0 Å². The van der Waals surface area contributed by atoms with Crippen LogP contribution in [0.15, 0.2) is 24.3 Å². The maximum absolute atomic E-state index is 11.8. The van der Waals surface area contributed by atoms with Gasteiger partial charge in [-0.05, 0) is 38.6 Å². The van der Waals surface area contributed by atoms with E-state index in [1.807, 2.05) is 45.2 Å². The third kappa shape index (κ3) is 5.43. The number of nitrogens with one attached hydrogen (secondary N) is 3. The Morgan fingerprint density at radius 3 is 2.67 bits per heavy atom. The number of hydrogen-bond donors (Lipinski definition) is 3. The summed E-state index contributed by atoms with van der Waals surface area (Å²) in [6, 6.07) is 7.40. The van der Waals surface area contributed by atoms with Crippen molar-refractivity contribution >= 4 is 17.6 Å². The van der Waals surface area contributed by atoms with E-state index in [1.165, 1.54) is 0 Å². The maximum Gasteiger partial charge on any atom is 0.319 e. The van der Waals surface area contributed by atoms with Gasteiger partial charge in [0.15, 0.2) is 0 Å². The van der Waals surface area contributed by atoms with Crippen LogP contribution in [-0.2, 0) is 4.79 Å². The summed E-state index contributed by atoms with van der Waals surface area (Å²) in [6.07, 6.45) is 0. The summed E-state index contributed by atoms with van der Waals surface area (Å²) in [4.78, 5) is 24.9. The lowest BCUT2D eigenvalue weighted by Crippen LogP contribution is -2.39. The van der Waals surface area contributed by atoms with E-state index in [2.05, 4.69) is 16.0 Å². The molecule has 1 unspecified atom stereocenters. The SMILES string of the molecule is CCN(C)C(=O)CNC(=O)Nc1cccc(C(C)NC)c1. The first-order chi connectivity index (χ1) is 9.97. The second-order valence-electron chi connectivity index (χ2n) is 4.85. The number of likely N-dealkylation sites (N-methyl/N-ethyl adjacent to an activating group) is 1. The van der Waals surface area contributed by atoms with Crippen molar-refractivity contribution in [1.29, 1.82) is 0 Å². The molecule has 3 amide bonds. The number of anilines is 1. The second kappa shape index (κ2) is 8.26. The van der Waals surface area contributed by atoms with Crippen LogP contribution in [0.5, 0.6) is 0 Å². The van der Waals surface area contributed by atoms with Crippen molar-refractivity contribution in [2.45, 2.75) is 19.9 Å². The zero-order valence-corrected chi connectivity index (χ0v) is 13.1. The van der Waals surface area contributed by atoms with Gasteiger partial charge < -0.3 is 20.9 Å². The van der Waals surface area contributed by atoms with E-state index in [4.69, 9.17) is 0 Å². The number of hydrogen-bond acceptors (Lipinski definition) is 3. The molecule has 0 aliphatic heterocycles. The molecule has 0 saturated carbocycles. The van der Waals surface area contributed by atoms with Crippen LogP contribution in [0, 0.1) is 0 Å². The first-order valence-electron chi connectivity index (χ1n) is 7.04. The van der Waals surface area contributed by atoms with Gasteiger partial charge in [-0.3, -0.25) is 4.79 Å². The van der Waals surface area contributed by atoms with Crippen molar-refractivity contribution in [2.24, 2.45) is 0 Å². The second-order valence-corrected chi connectivity index (χ2v) is 4.85. The summed E-state index contributed by atoms with van der Waals surface area (Å²) in [5.41, 5.74) is 1.78. The fourth-order valence-corrected chi connectivity index (χ4v) is 1.69. The Labute approximate surface area is 125 Å². The molecule has 1 rings (SSSR count). The van der Waals surface area contributed by atoms with Crippen molar-refractivity contribution in [3.8, 4) is 0 Å². The number of carbonyl (C=O) groups excluding carboxylic acids is 2. The minimum atomic E-state index is -0.387. The predicted octanol–water partition coefficient (Wildman–Crippen LogP) is 1.57. The summed E-state index contributed by atoms with van der Waals surface area (Å²) in [5, 5.41) is 8.42. The van der Waals surface area contributed by atoms with Gasteiger partial charge in [0.25, 0.3) is 0 Å². The summed E-state index contributed by atoms with van der Waals surface area (Å²) in [5.74, 6) is -0.120. The van der Waals surface area contributed by atoms with Gasteiger partial charge >= 0.3 is 6.03 Å². The molecule has 1 aromatic rings. The van der Waals surface area contributed by atoms with Crippen LogP contribution >= 0.6 is 0 Å². The maximum atomic E-state index is 11.8. The van der Waals surface area contributed by atoms with Crippen molar-refractivity contribution in [2.75, 3.05) is 32.5 Å². The lowest BCUT2D eigenvalue weighted by Gasteiger charge is -2.15. The zero-order chi connectivity index (χ0) is 15.8. The topological polar surface area (TPSA) is 73.5 Å². The Morgan fingerprint density at radius 1 is 1.33 bits per heavy atom. The Kier molecular flexibility index (Phi) is 6.68. The standard InChI is InChI=1S/C15H24N4O2/c1-5-19(4)14(20)10-17-15(21)18-13-8-6-7-12(9-13)11(2)16-3/h6-9,11,16H,5,10H2,1-4H3,(H2,17,18,21). The average Bonchev–Trinajstić information content (AvgIpc) is 2.51. The van der Waals surface area contributed by atoms with Crippen molar-refractivity contribution < 1.29 is 9.59 Å². The lowest BCUT2D eigenvalue weighted by molar-refractivity contribution is -0.128. The van der Waals surface area contributed by atoms with Crippen LogP contribution in [-0.4, -0.2) is 44.0 Å². The van der Waals surface area contributed by atoms with Gasteiger partial charge in [0.1, 0.15) is 0 Å². The number of rotatable bonds is 6. The van der Waals surface area contributed by atoms with Crippen molar-refractivity contribution in [3.63, 3.8) is 0 Å². The highest BCUT2D eigenvalue weighted by Crippen LogP contribution is 2.16. The Hall–Kier alpha value is -2.08. The van der Waals surface area contributed by atoms with Crippen LogP contribution in [0.2, 0.25) is 0 Å². The Morgan fingerprint density at radius 2 is 2.05 bits per heavy atom. The van der Waals surface area contributed by atoms with Gasteiger partial charge in [0, 0.05) is 25.3 Å². The van der Waals surface area contributed by atoms with Crippen LogP contribution in [0.1, 0.15) is 25.5 Å². The molecule has 0 saturated heterocycles. The summed E-state index contributed by atoms with van der Waals surface area (Å²) >= 11 is 0. The molecule has 6 nitrogen and oxygen atoms in total. The highest BCUT2D eigenvalue weighted by molar-refractivity contribution is 5.92. The molecule has 0 heterocycles. The Balaban J connectivity index is 2.53. The number of benzene rings is 1. The summed E-state index contributed by atoms with van der Waals surface area (Å²) < 4.78 is 0. The summed E-state index contributed by atoms with van der Waals surface area (Å²) in [6.45, 7) is 4.53. The zero-order valence-electron chi connectivity index (χ0n) is 13.1. The quantitative estimate of drug-likeness (QED) is 0.745. The molecule has 1 aromatic carbocycles. The third-order valence-corrected chi connectivity index (χ3v) is 3.38. The first kappa shape index (κ1) is 17.0. The van der Waals surface area contributed by atoms with Gasteiger partial charge in [0.2, 0.25) is 5.91 Å². The van der Waals surface area contributed by atoms with E-state index >= 15 is 0 Å². The van der Waals surface area contributed by atoms with Crippen LogP contribution in [0.4, 0.5) is 10.5 Å². The van der Waals surface area contributed by atoms with Gasteiger partial charge in [0.05, 0.1) is 6.54 Å². The average molecular weight is 292 g/mol. The molecule has 21 heavy (non-hydrogen) atoms. The van der Waals surface area contributed by atoms with E-state index in [-0.39, 0.29) is 24.5 Å². The molecule has 0 fully saturated rings. The van der Waals surface area contributed by atoms with Crippen LogP contribution < -0.4 is 16.0 Å². The molecule has 0 aromatic heterocycles. The predicted molar refractivity (Wildman–Crippen MR) is 84.2 cm³/mol. The smallest absolute Gasteiger partial charge is 0.319 e. The van der Waals surface area contributed by atoms with E-state index in [0.29, 0.717) is 12.2 Å². The van der Waals surface area contributed by atoms with Gasteiger partial charge in [-0.1, -0.05) is 12.1 Å². The number of urea groups is 1. The van der Waals surface area contributed by atoms with Crippen molar-refractivity contribution in [3.05, 3.63) is 29.8 Å². The van der Waals surface area contributed by atoms with Crippen molar-refractivity contribution in [1.82, 2.24) is 15.5 Å². The minimum Gasteiger partial charge on any atom is -0.345 e. The highest BCUT2D eigenvalue weighted by atomic mass is 16.2. The van der Waals surface area contributed by atoms with Gasteiger partial charge in [-0.25, -0.2) is 4.79 Å². The fourth-order valence-electron chi connectivity index (χ4n) is 1.69. The molecule has 0 radical (unpaired) electrons. The van der Waals surface area contributed by atoms with Gasteiger partial charge in [-0.15, -0.1) is 0 Å². The highest BCUT2D eigenvalue weighted by Gasteiger charge is 2.09. The molecular formula is C15H24N4O2. The molecule has 0 bridgehead atoms. The number of amides is 3. The lowest BCUT2D eigenvalue weighted by atomic mass is 10.1. The molecule has 3 N–H and O–H groups in total. The minimum absolute atomic E-state index is 0.0111. The monoisotopic (exact) mass is 292 g/mol. The number of nitrogens with zero attached hydrogens (tertiary/aromatic N) is 1. The largest absolute Gasteiger partial charge is 0.345 e. The van der Waals surface area contributed by atoms with E-state index in [1.54, 1.807) is 11.9 Å². The molecule has 0 spiro atoms. The summed E-state index contributed by atoms with van der Waals surface area (Å²) in [7, 11) is 3.58. The Bertz CT molecular complexity index is 490. The first-order valence-corrected chi connectivity index (χ1v) is 7.04. The molecular weight excluding hydrogens is 268 g/mol. The van der Waals surface area contributed by atoms with E-state index in [0.717, 1.165) is 5.56 Å². The molecule has 0 aliphatic carbocycles. The fraction of sp³-hybridized carbons (Fsp3) is 0.467. The van der Waals surface area contributed by atoms with Crippen LogP contribution in [0.25, 0.3) is 0 Å². The van der Waals surface area contributed by atoms with E-state index in [9.17, 15) is 9.59 Å². The molecule has 0 aliphatic rings.